The van der Waals surface area contributed by atoms with Crippen LogP contribution < -0.4 is 0 Å². The van der Waals surface area contributed by atoms with Crippen LogP contribution in [0.4, 0.5) is 0 Å². The van der Waals surface area contributed by atoms with E-state index in [0.29, 0.717) is 0 Å². The highest BCUT2D eigenvalue weighted by Crippen LogP contribution is 2.22. The highest BCUT2D eigenvalue weighted by Gasteiger charge is 2.08. The van der Waals surface area contributed by atoms with Crippen LogP contribution in [0, 0.1) is 17.8 Å². The van der Waals surface area contributed by atoms with E-state index in [1.807, 2.05) is 0 Å². The van der Waals surface area contributed by atoms with Gasteiger partial charge in [0.25, 0.3) is 0 Å². The van der Waals surface area contributed by atoms with Gasteiger partial charge in [-0.05, 0) is 24.2 Å². The molecule has 0 bridgehead atoms. The molecule has 0 nitrogen and oxygen atoms in total. The van der Waals surface area contributed by atoms with Crippen LogP contribution in [0.1, 0.15) is 86.0 Å². The number of unbranched alkanes of at least 4 members (excludes halogenated alkanes) is 3. The highest BCUT2D eigenvalue weighted by atomic mass is 14.1. The molecule has 0 aromatic carbocycles. The van der Waals surface area contributed by atoms with Gasteiger partial charge < -0.3 is 0 Å². The first-order chi connectivity index (χ1) is 7.56. The van der Waals surface area contributed by atoms with E-state index in [2.05, 4.69) is 34.6 Å². The van der Waals surface area contributed by atoms with Gasteiger partial charge in [-0.2, -0.15) is 0 Å². The Morgan fingerprint density at radius 1 is 0.688 bits per heavy atom. The molecule has 0 radical (unpaired) electrons. The molecule has 0 aromatic rings. The molecule has 0 N–H and O–H groups in total. The Bertz CT molecular complexity index is 137. The lowest BCUT2D eigenvalue weighted by Crippen LogP contribution is -2.03. The van der Waals surface area contributed by atoms with Gasteiger partial charge in [0.05, 0.1) is 0 Å². The van der Waals surface area contributed by atoms with Crippen molar-refractivity contribution in [3.63, 3.8) is 0 Å². The van der Waals surface area contributed by atoms with E-state index < -0.39 is 0 Å². The maximum absolute atomic E-state index is 2.44. The summed E-state index contributed by atoms with van der Waals surface area (Å²) in [7, 11) is 0. The van der Waals surface area contributed by atoms with E-state index in [9.17, 15) is 0 Å². The average Bonchev–Trinajstić information content (AvgIpc) is 2.20. The van der Waals surface area contributed by atoms with Gasteiger partial charge in [-0.1, -0.05) is 79.6 Å². The van der Waals surface area contributed by atoms with Crippen molar-refractivity contribution in [1.29, 1.82) is 0 Å². The van der Waals surface area contributed by atoms with E-state index in [0.717, 1.165) is 17.8 Å². The molecule has 98 valence electrons. The van der Waals surface area contributed by atoms with Crippen molar-refractivity contribution in [2.75, 3.05) is 0 Å². The van der Waals surface area contributed by atoms with Crippen molar-refractivity contribution < 1.29 is 0 Å². The lowest BCUT2D eigenvalue weighted by atomic mass is 9.89. The zero-order chi connectivity index (χ0) is 12.4. The van der Waals surface area contributed by atoms with Crippen LogP contribution >= 0.6 is 0 Å². The molecule has 0 rings (SSSR count). The highest BCUT2D eigenvalue weighted by molar-refractivity contribution is 4.60. The molecular weight excluding hydrogens is 192 g/mol. The molecule has 0 spiro atoms. The molecule has 0 aromatic heterocycles. The van der Waals surface area contributed by atoms with E-state index in [-0.39, 0.29) is 0 Å². The summed E-state index contributed by atoms with van der Waals surface area (Å²) < 4.78 is 0. The Balaban J connectivity index is 3.38. The van der Waals surface area contributed by atoms with Gasteiger partial charge in [0.2, 0.25) is 0 Å². The number of hydrogen-bond donors (Lipinski definition) is 0. The van der Waals surface area contributed by atoms with Gasteiger partial charge in [-0.25, -0.2) is 0 Å². The van der Waals surface area contributed by atoms with Gasteiger partial charge in [-0.15, -0.1) is 0 Å². The smallest absolute Gasteiger partial charge is 0.0440 e. The fraction of sp³-hybridized carbons (Fsp3) is 1.00. The average molecular weight is 226 g/mol. The minimum Gasteiger partial charge on any atom is -0.0654 e. The summed E-state index contributed by atoms with van der Waals surface area (Å²) in [5.74, 6) is 2.75. The second-order valence-corrected chi connectivity index (χ2v) is 6.27. The zero-order valence-electron chi connectivity index (χ0n) is 12.4. The Kier molecular flexibility index (Phi) is 10.2. The van der Waals surface area contributed by atoms with Crippen molar-refractivity contribution in [2.24, 2.45) is 17.8 Å². The maximum Gasteiger partial charge on any atom is -0.0440 e. The molecule has 0 saturated carbocycles. The van der Waals surface area contributed by atoms with Crippen LogP contribution in [-0.2, 0) is 0 Å². The predicted molar refractivity (Wildman–Crippen MR) is 75.8 cm³/mol. The molecule has 0 fully saturated rings. The van der Waals surface area contributed by atoms with Crippen LogP contribution in [0.25, 0.3) is 0 Å². The molecule has 0 aliphatic heterocycles. The second-order valence-electron chi connectivity index (χ2n) is 6.27. The molecule has 0 saturated heterocycles. The Morgan fingerprint density at radius 2 is 1.31 bits per heavy atom. The van der Waals surface area contributed by atoms with Crippen LogP contribution in [0.3, 0.4) is 0 Å². The monoisotopic (exact) mass is 226 g/mol. The van der Waals surface area contributed by atoms with Gasteiger partial charge in [0.1, 0.15) is 0 Å². The lowest BCUT2D eigenvalue weighted by molar-refractivity contribution is 0.358. The van der Waals surface area contributed by atoms with Crippen molar-refractivity contribution in [3.8, 4) is 0 Å². The van der Waals surface area contributed by atoms with Crippen LogP contribution in [0.2, 0.25) is 0 Å². The normalized spacial score (nSPS) is 15.4. The first-order valence-corrected chi connectivity index (χ1v) is 7.56. The van der Waals surface area contributed by atoms with Gasteiger partial charge in [-0.3, -0.25) is 0 Å². The summed E-state index contributed by atoms with van der Waals surface area (Å²) >= 11 is 0. The Labute approximate surface area is 104 Å². The van der Waals surface area contributed by atoms with Crippen molar-refractivity contribution in [2.45, 2.75) is 86.0 Å². The van der Waals surface area contributed by atoms with Gasteiger partial charge in [0.15, 0.2) is 0 Å². The SMILES string of the molecule is CCCCCCC(C)CCC(C)CC(C)C. The fourth-order valence-electron chi connectivity index (χ4n) is 2.56. The molecule has 0 aliphatic carbocycles. The molecule has 0 aliphatic rings. The molecular formula is C16H34. The molecule has 0 amide bonds. The number of rotatable bonds is 10. The first-order valence-electron chi connectivity index (χ1n) is 7.56. The summed E-state index contributed by atoms with van der Waals surface area (Å²) in [6.45, 7) is 11.8. The van der Waals surface area contributed by atoms with Crippen molar-refractivity contribution in [3.05, 3.63) is 0 Å². The quantitative estimate of drug-likeness (QED) is 0.397. The molecule has 0 heteroatoms. The summed E-state index contributed by atoms with van der Waals surface area (Å²) in [6.07, 6.45) is 11.4. The standard InChI is InChI=1S/C16H34/c1-6-7-8-9-10-15(4)11-12-16(5)13-14(2)3/h14-16H,6-13H2,1-5H3. The third-order valence-electron chi connectivity index (χ3n) is 3.58. The summed E-state index contributed by atoms with van der Waals surface area (Å²) in [5.41, 5.74) is 0. The van der Waals surface area contributed by atoms with Crippen molar-refractivity contribution in [1.82, 2.24) is 0 Å². The Morgan fingerprint density at radius 3 is 1.88 bits per heavy atom. The molecule has 2 atom stereocenters. The van der Waals surface area contributed by atoms with E-state index in [1.165, 1.54) is 51.4 Å². The van der Waals surface area contributed by atoms with Crippen LogP contribution in [-0.4, -0.2) is 0 Å². The summed E-state index contributed by atoms with van der Waals surface area (Å²) in [4.78, 5) is 0. The minimum atomic E-state index is 0.870. The topological polar surface area (TPSA) is 0 Å². The summed E-state index contributed by atoms with van der Waals surface area (Å²) in [5, 5.41) is 0. The van der Waals surface area contributed by atoms with E-state index in [4.69, 9.17) is 0 Å². The van der Waals surface area contributed by atoms with Crippen LogP contribution in [0.5, 0.6) is 0 Å². The van der Waals surface area contributed by atoms with Gasteiger partial charge in [0, 0.05) is 0 Å². The van der Waals surface area contributed by atoms with Crippen molar-refractivity contribution >= 4 is 0 Å². The maximum atomic E-state index is 2.44. The Hall–Kier alpha value is 0. The summed E-state index contributed by atoms with van der Waals surface area (Å²) in [6, 6.07) is 0. The largest absolute Gasteiger partial charge is 0.0654 e. The minimum absolute atomic E-state index is 0.870. The zero-order valence-corrected chi connectivity index (χ0v) is 12.4. The van der Waals surface area contributed by atoms with Gasteiger partial charge >= 0.3 is 0 Å². The predicted octanol–water partition coefficient (Wildman–Crippen LogP) is 6.06. The third-order valence-corrected chi connectivity index (χ3v) is 3.58. The van der Waals surface area contributed by atoms with Crippen LogP contribution in [0.15, 0.2) is 0 Å². The number of hydrogen-bond acceptors (Lipinski definition) is 0. The molecule has 2 unspecified atom stereocenters. The fourth-order valence-corrected chi connectivity index (χ4v) is 2.56. The third kappa shape index (κ3) is 10.5. The molecule has 16 heavy (non-hydrogen) atoms. The second kappa shape index (κ2) is 10.2. The lowest BCUT2D eigenvalue weighted by Gasteiger charge is -2.17. The first kappa shape index (κ1) is 16.0. The van der Waals surface area contributed by atoms with E-state index in [1.54, 1.807) is 0 Å². The molecule has 0 heterocycles. The van der Waals surface area contributed by atoms with E-state index >= 15 is 0 Å².